The van der Waals surface area contributed by atoms with Gasteiger partial charge in [0.15, 0.2) is 0 Å². The van der Waals surface area contributed by atoms with Gasteiger partial charge in [0, 0.05) is 21.4 Å². The Labute approximate surface area is 199 Å². The minimum atomic E-state index is -0.512. The zero-order valence-electron chi connectivity index (χ0n) is 17.7. The summed E-state index contributed by atoms with van der Waals surface area (Å²) in [6.45, 7) is 1.99. The first-order chi connectivity index (χ1) is 16.0. The summed E-state index contributed by atoms with van der Waals surface area (Å²) in [5.41, 5.74) is 4.33. The van der Waals surface area contributed by atoms with Crippen LogP contribution in [0.5, 0.6) is 0 Å². The van der Waals surface area contributed by atoms with E-state index in [4.69, 9.17) is 0 Å². The zero-order chi connectivity index (χ0) is 22.9. The van der Waals surface area contributed by atoms with Crippen LogP contribution in [-0.2, 0) is 0 Å². The van der Waals surface area contributed by atoms with Gasteiger partial charge in [-0.15, -0.1) is 0 Å². The molecule has 0 saturated carbocycles. The third-order valence-corrected chi connectivity index (χ3v) is 6.10. The monoisotopic (exact) mass is 502 g/mol. The molecule has 2 N–H and O–H groups in total. The molecular weight excluding hydrogens is 483 g/mol. The molecular formula is C26H20BrFN4O. The third kappa shape index (κ3) is 4.19. The summed E-state index contributed by atoms with van der Waals surface area (Å²) >= 11 is 3.46. The summed E-state index contributed by atoms with van der Waals surface area (Å²) in [6, 6.07) is 21.5. The van der Waals surface area contributed by atoms with Crippen LogP contribution in [0.2, 0.25) is 0 Å². The van der Waals surface area contributed by atoms with Gasteiger partial charge in [-0.25, -0.2) is 9.07 Å². The molecule has 0 aliphatic carbocycles. The molecule has 3 aromatic carbocycles. The van der Waals surface area contributed by atoms with Gasteiger partial charge in [0.25, 0.3) is 5.91 Å². The Balaban J connectivity index is 1.56. The van der Waals surface area contributed by atoms with Crippen molar-refractivity contribution < 1.29 is 9.18 Å². The van der Waals surface area contributed by atoms with Gasteiger partial charge in [0.05, 0.1) is 6.20 Å². The molecule has 5 rings (SSSR count). The number of nitrogens with zero attached hydrogens (tertiary/aromatic N) is 2. The molecule has 33 heavy (non-hydrogen) atoms. The predicted molar refractivity (Wildman–Crippen MR) is 132 cm³/mol. The topological polar surface area (TPSA) is 59.0 Å². The van der Waals surface area contributed by atoms with E-state index in [2.05, 4.69) is 31.7 Å². The maximum atomic E-state index is 14.8. The number of nitrogens with one attached hydrogen (secondary N) is 2. The van der Waals surface area contributed by atoms with Crippen LogP contribution in [0.15, 0.2) is 89.5 Å². The van der Waals surface area contributed by atoms with E-state index in [1.807, 2.05) is 61.5 Å². The van der Waals surface area contributed by atoms with E-state index in [0.29, 0.717) is 22.6 Å². The molecule has 2 heterocycles. The fraction of sp³-hybridized carbons (Fsp3) is 0.0769. The highest BCUT2D eigenvalue weighted by molar-refractivity contribution is 9.10. The molecule has 0 bridgehead atoms. The van der Waals surface area contributed by atoms with Crippen molar-refractivity contribution >= 4 is 39.0 Å². The molecule has 4 aromatic rings. The largest absolute Gasteiger partial charge is 0.339 e. The number of fused-ring (bicyclic) bond motifs is 1. The first-order valence-electron chi connectivity index (χ1n) is 10.4. The number of rotatable bonds is 4. The third-order valence-electron chi connectivity index (χ3n) is 5.57. The Morgan fingerprint density at radius 3 is 2.52 bits per heavy atom. The van der Waals surface area contributed by atoms with Crippen LogP contribution >= 0.6 is 15.9 Å². The van der Waals surface area contributed by atoms with Crippen LogP contribution in [0.4, 0.5) is 15.9 Å². The standard InChI is InChI=1S/C26H20BrFN4O/c1-16-6-12-19(13-7-16)30-26(33)21-15-29-32-24(20-4-2-3-5-22(20)28)14-23(31-25(21)32)17-8-10-18(27)11-9-17/h2-15,24,31H,1H3,(H,30,33)/t24-/m0/s1. The van der Waals surface area contributed by atoms with Gasteiger partial charge in [-0.1, -0.05) is 64.0 Å². The minimum absolute atomic E-state index is 0.294. The highest BCUT2D eigenvalue weighted by Crippen LogP contribution is 2.36. The lowest BCUT2D eigenvalue weighted by atomic mass is 10.0. The summed E-state index contributed by atoms with van der Waals surface area (Å²) in [4.78, 5) is 13.1. The second-order valence-electron chi connectivity index (χ2n) is 7.85. The molecule has 0 spiro atoms. The molecule has 0 saturated heterocycles. The second kappa shape index (κ2) is 8.67. The van der Waals surface area contributed by atoms with Crippen LogP contribution < -0.4 is 10.6 Å². The lowest BCUT2D eigenvalue weighted by Gasteiger charge is -2.26. The number of amides is 1. The molecule has 0 fully saturated rings. The number of allylic oxidation sites excluding steroid dienone is 1. The summed E-state index contributed by atoms with van der Waals surface area (Å²) in [7, 11) is 0. The van der Waals surface area contributed by atoms with E-state index in [-0.39, 0.29) is 11.7 Å². The Kier molecular flexibility index (Phi) is 5.56. The SMILES string of the molecule is Cc1ccc(NC(=O)c2cnn3c2NC(c2ccc(Br)cc2)=C[C@H]3c2ccccc2F)cc1. The fourth-order valence-corrected chi connectivity index (χ4v) is 4.10. The van der Waals surface area contributed by atoms with Crippen LogP contribution in [0.1, 0.15) is 33.1 Å². The van der Waals surface area contributed by atoms with E-state index in [0.717, 1.165) is 21.3 Å². The normalized spacial score (nSPS) is 14.8. The van der Waals surface area contributed by atoms with Crippen molar-refractivity contribution in [3.8, 4) is 0 Å². The van der Waals surface area contributed by atoms with Crippen molar-refractivity contribution in [2.75, 3.05) is 10.6 Å². The second-order valence-corrected chi connectivity index (χ2v) is 8.77. The first-order valence-corrected chi connectivity index (χ1v) is 11.2. The van der Waals surface area contributed by atoms with Gasteiger partial charge in [-0.3, -0.25) is 4.79 Å². The van der Waals surface area contributed by atoms with Gasteiger partial charge in [-0.05, 0) is 48.9 Å². The number of hydrogen-bond acceptors (Lipinski definition) is 3. The number of anilines is 2. The van der Waals surface area contributed by atoms with Crippen LogP contribution in [0.3, 0.4) is 0 Å². The van der Waals surface area contributed by atoms with Gasteiger partial charge in [0.1, 0.15) is 23.2 Å². The molecule has 1 aliphatic heterocycles. The highest BCUT2D eigenvalue weighted by atomic mass is 79.9. The van der Waals surface area contributed by atoms with E-state index >= 15 is 0 Å². The van der Waals surface area contributed by atoms with Gasteiger partial charge < -0.3 is 10.6 Å². The average Bonchev–Trinajstić information content (AvgIpc) is 3.25. The summed E-state index contributed by atoms with van der Waals surface area (Å²) in [6.07, 6.45) is 3.43. The van der Waals surface area contributed by atoms with Crippen molar-refractivity contribution in [2.45, 2.75) is 13.0 Å². The zero-order valence-corrected chi connectivity index (χ0v) is 19.3. The molecule has 164 valence electrons. The lowest BCUT2D eigenvalue weighted by Crippen LogP contribution is -2.22. The van der Waals surface area contributed by atoms with Crippen molar-refractivity contribution in [3.63, 3.8) is 0 Å². The molecule has 0 radical (unpaired) electrons. The smallest absolute Gasteiger partial charge is 0.261 e. The Morgan fingerprint density at radius 1 is 1.06 bits per heavy atom. The molecule has 5 nitrogen and oxygen atoms in total. The Hall–Kier alpha value is -3.71. The molecule has 7 heteroatoms. The molecule has 1 atom stereocenters. The van der Waals surface area contributed by atoms with Crippen molar-refractivity contribution in [2.24, 2.45) is 0 Å². The molecule has 1 amide bonds. The van der Waals surface area contributed by atoms with Crippen LogP contribution in [0, 0.1) is 12.7 Å². The Morgan fingerprint density at radius 2 is 1.79 bits per heavy atom. The number of aromatic nitrogens is 2. The number of halogens is 2. The lowest BCUT2D eigenvalue weighted by molar-refractivity contribution is 0.102. The number of carbonyl (C=O) groups is 1. The number of carbonyl (C=O) groups excluding carboxylic acids is 1. The average molecular weight is 503 g/mol. The predicted octanol–water partition coefficient (Wildman–Crippen LogP) is 6.40. The van der Waals surface area contributed by atoms with Gasteiger partial charge in [0.2, 0.25) is 0 Å². The number of benzene rings is 3. The summed E-state index contributed by atoms with van der Waals surface area (Å²) in [5.74, 6) is -0.117. The minimum Gasteiger partial charge on any atom is -0.339 e. The van der Waals surface area contributed by atoms with E-state index in [1.54, 1.807) is 22.9 Å². The van der Waals surface area contributed by atoms with Gasteiger partial charge >= 0.3 is 0 Å². The van der Waals surface area contributed by atoms with Crippen molar-refractivity contribution in [1.29, 1.82) is 0 Å². The van der Waals surface area contributed by atoms with Crippen molar-refractivity contribution in [1.82, 2.24) is 9.78 Å². The van der Waals surface area contributed by atoms with Gasteiger partial charge in [-0.2, -0.15) is 5.10 Å². The first kappa shape index (κ1) is 21.2. The number of aryl methyl sites for hydroxylation is 1. The molecule has 1 aromatic heterocycles. The van der Waals surface area contributed by atoms with E-state index in [9.17, 15) is 9.18 Å². The summed E-state index contributed by atoms with van der Waals surface area (Å²) < 4.78 is 17.4. The van der Waals surface area contributed by atoms with E-state index < -0.39 is 6.04 Å². The maximum Gasteiger partial charge on any atom is 0.261 e. The fourth-order valence-electron chi connectivity index (χ4n) is 3.83. The summed E-state index contributed by atoms with van der Waals surface area (Å²) in [5, 5.41) is 10.7. The van der Waals surface area contributed by atoms with Crippen LogP contribution in [-0.4, -0.2) is 15.7 Å². The van der Waals surface area contributed by atoms with Crippen molar-refractivity contribution in [3.05, 3.63) is 118 Å². The molecule has 0 unspecified atom stereocenters. The quantitative estimate of drug-likeness (QED) is 0.339. The van der Waals surface area contributed by atoms with E-state index in [1.165, 1.54) is 12.3 Å². The van der Waals surface area contributed by atoms with Crippen LogP contribution in [0.25, 0.3) is 5.70 Å². The maximum absolute atomic E-state index is 14.8. The molecule has 1 aliphatic rings. The highest BCUT2D eigenvalue weighted by Gasteiger charge is 2.29. The number of hydrogen-bond donors (Lipinski definition) is 2. The Bertz CT molecular complexity index is 1360.